The van der Waals surface area contributed by atoms with E-state index in [1.54, 1.807) is 0 Å². The average Bonchev–Trinajstić information content (AvgIpc) is 2.35. The summed E-state index contributed by atoms with van der Waals surface area (Å²) in [5, 5.41) is 0. The number of carbonyl (C=O) groups excluding carboxylic acids is 1. The molecule has 1 aliphatic rings. The maximum atomic E-state index is 11.4. The van der Waals surface area contributed by atoms with Crippen molar-refractivity contribution < 1.29 is 9.53 Å². The SMILES string of the molecule is CC1CN(CCOc2ccccc2)CCC1=O. The molecule has 1 aromatic rings. The second kappa shape index (κ2) is 5.82. The normalized spacial score (nSPS) is 21.5. The number of Topliss-reactive ketones (excluding diaryl/α,β-unsaturated/α-hetero) is 1. The summed E-state index contributed by atoms with van der Waals surface area (Å²) < 4.78 is 5.64. The summed E-state index contributed by atoms with van der Waals surface area (Å²) in [5.41, 5.74) is 0. The Morgan fingerprint density at radius 1 is 1.35 bits per heavy atom. The first-order chi connectivity index (χ1) is 8.25. The number of para-hydroxylation sites is 1. The molecule has 0 aromatic heterocycles. The zero-order chi connectivity index (χ0) is 12.1. The lowest BCUT2D eigenvalue weighted by Crippen LogP contribution is -2.41. The largest absolute Gasteiger partial charge is 0.492 e. The van der Waals surface area contributed by atoms with E-state index in [9.17, 15) is 4.79 Å². The molecule has 3 nitrogen and oxygen atoms in total. The second-order valence-corrected chi connectivity index (χ2v) is 4.58. The van der Waals surface area contributed by atoms with Crippen LogP contribution >= 0.6 is 0 Å². The molecule has 0 spiro atoms. The number of piperidine rings is 1. The van der Waals surface area contributed by atoms with Gasteiger partial charge in [-0.3, -0.25) is 9.69 Å². The highest BCUT2D eigenvalue weighted by molar-refractivity contribution is 5.81. The van der Waals surface area contributed by atoms with Crippen LogP contribution in [0.15, 0.2) is 30.3 Å². The third kappa shape index (κ3) is 3.56. The maximum Gasteiger partial charge on any atom is 0.138 e. The van der Waals surface area contributed by atoms with E-state index >= 15 is 0 Å². The van der Waals surface area contributed by atoms with Crippen LogP contribution in [0.4, 0.5) is 0 Å². The number of rotatable bonds is 4. The van der Waals surface area contributed by atoms with E-state index in [1.165, 1.54) is 0 Å². The predicted molar refractivity (Wildman–Crippen MR) is 67.2 cm³/mol. The molecule has 0 aliphatic carbocycles. The molecule has 1 heterocycles. The molecule has 1 atom stereocenters. The zero-order valence-corrected chi connectivity index (χ0v) is 10.3. The molecule has 17 heavy (non-hydrogen) atoms. The monoisotopic (exact) mass is 233 g/mol. The number of benzene rings is 1. The van der Waals surface area contributed by atoms with E-state index < -0.39 is 0 Å². The quantitative estimate of drug-likeness (QED) is 0.796. The predicted octanol–water partition coefficient (Wildman–Crippen LogP) is 1.98. The van der Waals surface area contributed by atoms with Crippen LogP contribution in [-0.4, -0.2) is 36.9 Å². The summed E-state index contributed by atoms with van der Waals surface area (Å²) in [6.45, 7) is 5.34. The van der Waals surface area contributed by atoms with Gasteiger partial charge >= 0.3 is 0 Å². The Morgan fingerprint density at radius 2 is 2.12 bits per heavy atom. The Morgan fingerprint density at radius 3 is 2.82 bits per heavy atom. The minimum Gasteiger partial charge on any atom is -0.492 e. The van der Waals surface area contributed by atoms with Crippen LogP contribution in [0.1, 0.15) is 13.3 Å². The number of likely N-dealkylation sites (tertiary alicyclic amines) is 1. The molecule has 1 saturated heterocycles. The first kappa shape index (κ1) is 12.1. The van der Waals surface area contributed by atoms with Gasteiger partial charge < -0.3 is 4.74 Å². The van der Waals surface area contributed by atoms with Crippen molar-refractivity contribution >= 4 is 5.78 Å². The van der Waals surface area contributed by atoms with Crippen LogP contribution in [0.25, 0.3) is 0 Å². The molecule has 0 N–H and O–H groups in total. The summed E-state index contributed by atoms with van der Waals surface area (Å²) in [5.74, 6) is 1.49. The summed E-state index contributed by atoms with van der Waals surface area (Å²) in [6, 6.07) is 9.84. The van der Waals surface area contributed by atoms with Crippen LogP contribution in [0.5, 0.6) is 5.75 Å². The zero-order valence-electron chi connectivity index (χ0n) is 10.3. The van der Waals surface area contributed by atoms with Crippen LogP contribution in [0, 0.1) is 5.92 Å². The number of hydrogen-bond acceptors (Lipinski definition) is 3. The van der Waals surface area contributed by atoms with E-state index in [4.69, 9.17) is 4.74 Å². The highest BCUT2D eigenvalue weighted by Crippen LogP contribution is 2.12. The van der Waals surface area contributed by atoms with Gasteiger partial charge in [-0.2, -0.15) is 0 Å². The lowest BCUT2D eigenvalue weighted by atomic mass is 9.99. The number of nitrogens with zero attached hydrogens (tertiary/aromatic N) is 1. The van der Waals surface area contributed by atoms with E-state index in [-0.39, 0.29) is 5.92 Å². The number of hydrogen-bond donors (Lipinski definition) is 0. The van der Waals surface area contributed by atoms with Gasteiger partial charge in [0.1, 0.15) is 18.1 Å². The smallest absolute Gasteiger partial charge is 0.138 e. The van der Waals surface area contributed by atoms with Crippen molar-refractivity contribution in [3.63, 3.8) is 0 Å². The van der Waals surface area contributed by atoms with Crippen LogP contribution < -0.4 is 4.74 Å². The Labute approximate surface area is 102 Å². The molecule has 1 fully saturated rings. The molecule has 0 radical (unpaired) electrons. The second-order valence-electron chi connectivity index (χ2n) is 4.58. The summed E-state index contributed by atoms with van der Waals surface area (Å²) in [6.07, 6.45) is 0.687. The molecule has 0 saturated carbocycles. The summed E-state index contributed by atoms with van der Waals surface area (Å²) in [4.78, 5) is 13.7. The van der Waals surface area contributed by atoms with Gasteiger partial charge in [0.05, 0.1) is 0 Å². The molecule has 2 rings (SSSR count). The van der Waals surface area contributed by atoms with Gasteiger partial charge in [-0.15, -0.1) is 0 Å². The molecule has 1 unspecified atom stereocenters. The van der Waals surface area contributed by atoms with Gasteiger partial charge in [0.2, 0.25) is 0 Å². The minimum atomic E-state index is 0.181. The fourth-order valence-corrected chi connectivity index (χ4v) is 2.11. The minimum absolute atomic E-state index is 0.181. The van der Waals surface area contributed by atoms with E-state index in [0.717, 1.165) is 25.4 Å². The van der Waals surface area contributed by atoms with Gasteiger partial charge in [-0.05, 0) is 12.1 Å². The molecule has 1 aromatic carbocycles. The van der Waals surface area contributed by atoms with Crippen LogP contribution in [0.3, 0.4) is 0 Å². The van der Waals surface area contributed by atoms with E-state index in [2.05, 4.69) is 4.90 Å². The Hall–Kier alpha value is -1.35. The van der Waals surface area contributed by atoms with Crippen molar-refractivity contribution in [2.75, 3.05) is 26.2 Å². The van der Waals surface area contributed by atoms with Crippen molar-refractivity contribution in [1.82, 2.24) is 4.90 Å². The maximum absolute atomic E-state index is 11.4. The topological polar surface area (TPSA) is 29.5 Å². The Bertz CT molecular complexity index is 364. The molecular weight excluding hydrogens is 214 g/mol. The molecular formula is C14H19NO2. The molecule has 1 aliphatic heterocycles. The van der Waals surface area contributed by atoms with Crippen LogP contribution in [-0.2, 0) is 4.79 Å². The first-order valence-corrected chi connectivity index (χ1v) is 6.18. The van der Waals surface area contributed by atoms with Crippen molar-refractivity contribution in [1.29, 1.82) is 0 Å². The third-order valence-corrected chi connectivity index (χ3v) is 3.18. The third-order valence-electron chi connectivity index (χ3n) is 3.18. The standard InChI is InChI=1S/C14H19NO2/c1-12-11-15(8-7-14(12)16)9-10-17-13-5-3-2-4-6-13/h2-6,12H,7-11H2,1H3. The van der Waals surface area contributed by atoms with Gasteiger partial charge in [-0.25, -0.2) is 0 Å². The average molecular weight is 233 g/mol. The number of carbonyl (C=O) groups is 1. The molecule has 3 heteroatoms. The summed E-state index contributed by atoms with van der Waals surface area (Å²) in [7, 11) is 0. The van der Waals surface area contributed by atoms with Gasteiger partial charge in [0, 0.05) is 32.0 Å². The highest BCUT2D eigenvalue weighted by Gasteiger charge is 2.22. The lowest BCUT2D eigenvalue weighted by Gasteiger charge is -2.29. The Balaban J connectivity index is 1.71. The van der Waals surface area contributed by atoms with Gasteiger partial charge in [-0.1, -0.05) is 25.1 Å². The Kier molecular flexibility index (Phi) is 4.15. The van der Waals surface area contributed by atoms with Crippen molar-refractivity contribution in [3.05, 3.63) is 30.3 Å². The molecule has 92 valence electrons. The number of ketones is 1. The fourth-order valence-electron chi connectivity index (χ4n) is 2.11. The molecule has 0 bridgehead atoms. The van der Waals surface area contributed by atoms with E-state index in [0.29, 0.717) is 18.8 Å². The lowest BCUT2D eigenvalue weighted by molar-refractivity contribution is -0.125. The van der Waals surface area contributed by atoms with E-state index in [1.807, 2.05) is 37.3 Å². The fraction of sp³-hybridized carbons (Fsp3) is 0.500. The van der Waals surface area contributed by atoms with Crippen molar-refractivity contribution in [3.8, 4) is 5.75 Å². The van der Waals surface area contributed by atoms with Crippen molar-refractivity contribution in [2.24, 2.45) is 5.92 Å². The van der Waals surface area contributed by atoms with Gasteiger partial charge in [0.15, 0.2) is 0 Å². The first-order valence-electron chi connectivity index (χ1n) is 6.18. The van der Waals surface area contributed by atoms with Crippen molar-refractivity contribution in [2.45, 2.75) is 13.3 Å². The van der Waals surface area contributed by atoms with Gasteiger partial charge in [0.25, 0.3) is 0 Å². The van der Waals surface area contributed by atoms with Crippen LogP contribution in [0.2, 0.25) is 0 Å². The summed E-state index contributed by atoms with van der Waals surface area (Å²) >= 11 is 0. The highest BCUT2D eigenvalue weighted by atomic mass is 16.5. The molecule has 0 amide bonds. The number of ether oxygens (including phenoxy) is 1.